The fraction of sp³-hybridized carbons (Fsp3) is 0.429. The van der Waals surface area contributed by atoms with Gasteiger partial charge in [-0.15, -0.1) is 0 Å². The molecule has 1 heterocycles. The highest BCUT2D eigenvalue weighted by atomic mass is 32.2. The Hall–Kier alpha value is -2.13. The van der Waals surface area contributed by atoms with E-state index in [9.17, 15) is 8.42 Å². The molecule has 1 aliphatic rings. The molecule has 0 amide bonds. The number of nitrogens with zero attached hydrogens (tertiary/aromatic N) is 1. The zero-order valence-corrected chi connectivity index (χ0v) is 17.7. The third-order valence-electron chi connectivity index (χ3n) is 4.93. The number of ether oxygens (including phenoxy) is 3. The Morgan fingerprint density at radius 1 is 1.10 bits per heavy atom. The lowest BCUT2D eigenvalue weighted by Crippen LogP contribution is -2.39. The van der Waals surface area contributed by atoms with E-state index < -0.39 is 10.0 Å². The van der Waals surface area contributed by atoms with Gasteiger partial charge in [-0.2, -0.15) is 0 Å². The van der Waals surface area contributed by atoms with Crippen LogP contribution >= 0.6 is 0 Å². The molecule has 1 atom stereocenters. The second kappa shape index (κ2) is 10.1. The van der Waals surface area contributed by atoms with Crippen LogP contribution in [-0.2, 0) is 14.8 Å². The summed E-state index contributed by atoms with van der Waals surface area (Å²) in [5.74, 6) is 0.877. The van der Waals surface area contributed by atoms with E-state index in [-0.39, 0.29) is 11.0 Å². The lowest BCUT2D eigenvalue weighted by molar-refractivity contribution is -0.0300. The van der Waals surface area contributed by atoms with Crippen molar-refractivity contribution in [3.05, 3.63) is 54.1 Å². The lowest BCUT2D eigenvalue weighted by atomic mass is 10.1. The third-order valence-corrected chi connectivity index (χ3v) is 6.39. The summed E-state index contributed by atoms with van der Waals surface area (Å²) < 4.78 is 44.0. The molecule has 0 aliphatic carbocycles. The molecule has 1 N–H and O–H groups in total. The number of benzene rings is 2. The maximum absolute atomic E-state index is 12.5. The van der Waals surface area contributed by atoms with Crippen LogP contribution in [0.25, 0.3) is 0 Å². The van der Waals surface area contributed by atoms with Crippen molar-refractivity contribution in [3.63, 3.8) is 0 Å². The molecule has 1 saturated heterocycles. The van der Waals surface area contributed by atoms with E-state index in [1.807, 2.05) is 18.2 Å². The minimum atomic E-state index is -3.60. The Kier molecular flexibility index (Phi) is 7.49. The standard InChI is InChI=1S/C21H28N2O5S/c1-26-19-10-9-18(15-20(19)27-2)29(24,25)22-11-6-12-23-13-14-28-21(16-23)17-7-4-3-5-8-17/h3-5,7-10,15,21-22H,6,11-14,16H2,1-2H3. The SMILES string of the molecule is COc1ccc(S(=O)(=O)NCCCN2CCOC(c3ccccc3)C2)cc1OC. The van der Waals surface area contributed by atoms with Crippen LogP contribution in [0, 0.1) is 0 Å². The van der Waals surface area contributed by atoms with E-state index in [4.69, 9.17) is 14.2 Å². The molecule has 1 fully saturated rings. The molecule has 0 aromatic heterocycles. The third kappa shape index (κ3) is 5.70. The largest absolute Gasteiger partial charge is 0.493 e. The van der Waals surface area contributed by atoms with E-state index in [1.54, 1.807) is 6.07 Å². The predicted molar refractivity (Wildman–Crippen MR) is 111 cm³/mol. The molecule has 0 bridgehead atoms. The summed E-state index contributed by atoms with van der Waals surface area (Å²) in [7, 11) is -0.612. The van der Waals surface area contributed by atoms with Gasteiger partial charge in [-0.25, -0.2) is 13.1 Å². The minimum Gasteiger partial charge on any atom is -0.493 e. The topological polar surface area (TPSA) is 77.1 Å². The fourth-order valence-corrected chi connectivity index (χ4v) is 4.44. The van der Waals surface area contributed by atoms with Crippen LogP contribution in [-0.4, -0.2) is 60.3 Å². The Labute approximate surface area is 172 Å². The van der Waals surface area contributed by atoms with Crippen LogP contribution in [0.4, 0.5) is 0 Å². The molecule has 0 radical (unpaired) electrons. The van der Waals surface area contributed by atoms with Gasteiger partial charge in [-0.1, -0.05) is 30.3 Å². The smallest absolute Gasteiger partial charge is 0.240 e. The van der Waals surface area contributed by atoms with E-state index in [2.05, 4.69) is 21.8 Å². The van der Waals surface area contributed by atoms with Crippen LogP contribution < -0.4 is 14.2 Å². The van der Waals surface area contributed by atoms with Gasteiger partial charge in [0.15, 0.2) is 11.5 Å². The average molecular weight is 421 g/mol. The first-order valence-electron chi connectivity index (χ1n) is 9.64. The molecule has 1 aliphatic heterocycles. The van der Waals surface area contributed by atoms with Crippen molar-refractivity contribution in [2.75, 3.05) is 47.0 Å². The molecule has 0 spiro atoms. The van der Waals surface area contributed by atoms with Gasteiger partial charge in [0.25, 0.3) is 0 Å². The van der Waals surface area contributed by atoms with E-state index in [0.29, 0.717) is 31.1 Å². The van der Waals surface area contributed by atoms with Gasteiger partial charge in [-0.3, -0.25) is 4.90 Å². The first kappa shape index (κ1) is 21.6. The normalized spacial score (nSPS) is 17.8. The van der Waals surface area contributed by atoms with Crippen LogP contribution in [0.15, 0.2) is 53.4 Å². The number of hydrogen-bond donors (Lipinski definition) is 1. The first-order chi connectivity index (χ1) is 14.0. The summed E-state index contributed by atoms with van der Waals surface area (Å²) in [5, 5.41) is 0. The molecule has 2 aromatic rings. The second-order valence-electron chi connectivity index (χ2n) is 6.84. The van der Waals surface area contributed by atoms with Crippen molar-refractivity contribution in [1.29, 1.82) is 0 Å². The summed E-state index contributed by atoms with van der Waals surface area (Å²) in [4.78, 5) is 2.47. The van der Waals surface area contributed by atoms with Crippen LogP contribution in [0.3, 0.4) is 0 Å². The quantitative estimate of drug-likeness (QED) is 0.628. The predicted octanol–water partition coefficient (Wildman–Crippen LogP) is 2.45. The summed E-state index contributed by atoms with van der Waals surface area (Å²) in [6, 6.07) is 14.7. The highest BCUT2D eigenvalue weighted by molar-refractivity contribution is 7.89. The highest BCUT2D eigenvalue weighted by Crippen LogP contribution is 2.29. The van der Waals surface area contributed by atoms with Crippen LogP contribution in [0.1, 0.15) is 18.1 Å². The maximum Gasteiger partial charge on any atom is 0.240 e. The van der Waals surface area contributed by atoms with Crippen molar-refractivity contribution < 1.29 is 22.6 Å². The molecule has 1 unspecified atom stereocenters. The average Bonchev–Trinajstić information content (AvgIpc) is 2.77. The Morgan fingerprint density at radius 2 is 1.86 bits per heavy atom. The molecule has 158 valence electrons. The number of methoxy groups -OCH3 is 2. The van der Waals surface area contributed by atoms with Crippen molar-refractivity contribution in [1.82, 2.24) is 9.62 Å². The molecule has 8 heteroatoms. The molecule has 2 aromatic carbocycles. The lowest BCUT2D eigenvalue weighted by Gasteiger charge is -2.33. The van der Waals surface area contributed by atoms with Crippen molar-refractivity contribution in [2.45, 2.75) is 17.4 Å². The zero-order valence-electron chi connectivity index (χ0n) is 16.8. The number of rotatable bonds is 9. The molecule has 29 heavy (non-hydrogen) atoms. The van der Waals surface area contributed by atoms with Gasteiger partial charge in [0.2, 0.25) is 10.0 Å². The summed E-state index contributed by atoms with van der Waals surface area (Å²) in [5.41, 5.74) is 1.17. The van der Waals surface area contributed by atoms with Gasteiger partial charge in [0.1, 0.15) is 0 Å². The van der Waals surface area contributed by atoms with Crippen LogP contribution in [0.5, 0.6) is 11.5 Å². The molecular weight excluding hydrogens is 392 g/mol. The first-order valence-corrected chi connectivity index (χ1v) is 11.1. The van der Waals surface area contributed by atoms with Crippen molar-refractivity contribution in [2.24, 2.45) is 0 Å². The Morgan fingerprint density at radius 3 is 2.59 bits per heavy atom. The van der Waals surface area contributed by atoms with Gasteiger partial charge in [0, 0.05) is 25.7 Å². The monoisotopic (exact) mass is 420 g/mol. The van der Waals surface area contributed by atoms with Gasteiger partial charge < -0.3 is 14.2 Å². The number of nitrogens with one attached hydrogen (secondary N) is 1. The Balaban J connectivity index is 1.49. The zero-order chi connectivity index (χ0) is 20.7. The molecule has 3 rings (SSSR count). The fourth-order valence-electron chi connectivity index (χ4n) is 3.35. The number of hydrogen-bond acceptors (Lipinski definition) is 6. The number of morpholine rings is 1. The molecular formula is C21H28N2O5S. The highest BCUT2D eigenvalue weighted by Gasteiger charge is 2.22. The van der Waals surface area contributed by atoms with Crippen molar-refractivity contribution in [3.8, 4) is 11.5 Å². The molecule has 7 nitrogen and oxygen atoms in total. The Bertz CT molecular complexity index is 889. The van der Waals surface area contributed by atoms with Crippen LogP contribution in [0.2, 0.25) is 0 Å². The minimum absolute atomic E-state index is 0.0633. The molecule has 0 saturated carbocycles. The van der Waals surface area contributed by atoms with E-state index in [0.717, 1.165) is 19.6 Å². The summed E-state index contributed by atoms with van der Waals surface area (Å²) in [6.45, 7) is 3.51. The van der Waals surface area contributed by atoms with Gasteiger partial charge in [-0.05, 0) is 30.7 Å². The summed E-state index contributed by atoms with van der Waals surface area (Å²) >= 11 is 0. The maximum atomic E-state index is 12.5. The van der Waals surface area contributed by atoms with Crippen molar-refractivity contribution >= 4 is 10.0 Å². The number of sulfonamides is 1. The second-order valence-corrected chi connectivity index (χ2v) is 8.61. The van der Waals surface area contributed by atoms with Gasteiger partial charge >= 0.3 is 0 Å². The van der Waals surface area contributed by atoms with E-state index >= 15 is 0 Å². The summed E-state index contributed by atoms with van der Waals surface area (Å²) in [6.07, 6.45) is 0.780. The van der Waals surface area contributed by atoms with Gasteiger partial charge in [0.05, 0.1) is 31.8 Å². The van der Waals surface area contributed by atoms with E-state index in [1.165, 1.54) is 31.9 Å².